The van der Waals surface area contributed by atoms with Crippen molar-refractivity contribution in [3.63, 3.8) is 0 Å². The van der Waals surface area contributed by atoms with E-state index in [9.17, 15) is 92.0 Å². The molecule has 816 valence electrons. The van der Waals surface area contributed by atoms with Gasteiger partial charge in [0.15, 0.2) is 0 Å². The first-order chi connectivity index (χ1) is 65.8. The molecule has 2 amide bonds. The quantitative estimate of drug-likeness (QED) is 0.0204. The number of benzene rings is 1. The molecule has 0 aliphatic heterocycles. The molecule has 3 atom stereocenters. The van der Waals surface area contributed by atoms with Gasteiger partial charge in [-0.3, -0.25) is 22.9 Å². The van der Waals surface area contributed by atoms with Gasteiger partial charge in [0.2, 0.25) is 22.2 Å². The van der Waals surface area contributed by atoms with Crippen LogP contribution in [0.15, 0.2) is 24.3 Å². The molecule has 0 heterocycles. The van der Waals surface area contributed by atoms with Gasteiger partial charge in [0, 0.05) is 31.9 Å². The number of carbonyl (C=O) groups excluding carboxylic acids is 5. The zero-order valence-corrected chi connectivity index (χ0v) is 113. The normalized spacial score (nSPS) is 11.3. The summed E-state index contributed by atoms with van der Waals surface area (Å²) in [5.41, 5.74) is 1.33. The van der Waals surface area contributed by atoms with Gasteiger partial charge in [0.05, 0.1) is 143 Å². The number of aryl methyl sites for hydroxylation is 1. The summed E-state index contributed by atoms with van der Waals surface area (Å²) in [4.78, 5) is 69.1. The summed E-state index contributed by atoms with van der Waals surface area (Å²) in [6, 6.07) is 6.50. The Hall–Kier alpha value is 3.08. The molecular weight excluding hydrogens is 2050 g/mol. The Morgan fingerprint density at radius 3 is 0.903 bits per heavy atom. The number of nitrogens with one attached hydrogen (secondary N) is 1. The van der Waals surface area contributed by atoms with Gasteiger partial charge in [0.25, 0.3) is 10.1 Å². The van der Waals surface area contributed by atoms with Crippen molar-refractivity contribution >= 4 is 76.7 Å². The number of ether oxygens (including phenoxy) is 9. The van der Waals surface area contributed by atoms with E-state index in [2.05, 4.69) is 59.6 Å². The fourth-order valence-electron chi connectivity index (χ4n) is 13.5. The van der Waals surface area contributed by atoms with E-state index in [1.807, 2.05) is 47.6 Å². The number of hydrogen-bond donors (Lipinski definition) is 4. The summed E-state index contributed by atoms with van der Waals surface area (Å²) >= 11 is 0. The number of hydrogen-bond acceptors (Lipinski definition) is 30. The zero-order valence-electron chi connectivity index (χ0n) is 93.8. The number of carbonyl (C=O) groups is 6. The molecule has 35 nitrogen and oxygen atoms in total. The molecular formula is C98H187N2Na8O33S4+3. The first-order valence-electron chi connectivity index (χ1n) is 51.6. The molecule has 0 fully saturated rings. The molecule has 0 aliphatic carbocycles. The summed E-state index contributed by atoms with van der Waals surface area (Å²) in [6.45, 7) is 28.2. The third-order valence-electron chi connectivity index (χ3n) is 20.9. The third kappa shape index (κ3) is 141. The zero-order chi connectivity index (χ0) is 104. The van der Waals surface area contributed by atoms with Gasteiger partial charge in [-0.15, -0.1) is 0 Å². The molecule has 145 heavy (non-hydrogen) atoms. The van der Waals surface area contributed by atoms with E-state index in [4.69, 9.17) is 51.7 Å². The minimum absolute atomic E-state index is 0. The predicted molar refractivity (Wildman–Crippen MR) is 528 cm³/mol. The summed E-state index contributed by atoms with van der Waals surface area (Å²) in [6.07, 6.45) is 55.0. The Balaban J connectivity index is -0.000000132. The Kier molecular flexibility index (Phi) is 167. The van der Waals surface area contributed by atoms with Crippen LogP contribution in [0.1, 0.15) is 402 Å². The van der Waals surface area contributed by atoms with E-state index in [1.165, 1.54) is 230 Å². The van der Waals surface area contributed by atoms with E-state index in [0.29, 0.717) is 130 Å². The number of aliphatic carboxylic acids is 4. The molecule has 0 radical (unpaired) electrons. The average molecular weight is 2230 g/mol. The van der Waals surface area contributed by atoms with Crippen molar-refractivity contribution in [2.24, 2.45) is 0 Å². The first-order valence-corrected chi connectivity index (χ1v) is 57.3. The summed E-state index contributed by atoms with van der Waals surface area (Å²) in [7, 11) is -19.2. The van der Waals surface area contributed by atoms with Crippen LogP contribution >= 0.6 is 0 Å². The van der Waals surface area contributed by atoms with Crippen molar-refractivity contribution in [2.75, 3.05) is 139 Å². The third-order valence-corrected chi connectivity index (χ3v) is 24.0. The number of carboxylic acid groups (broad SMARTS) is 4. The fourth-order valence-corrected chi connectivity index (χ4v) is 15.3. The van der Waals surface area contributed by atoms with Gasteiger partial charge in [-0.2, -0.15) is 16.8 Å². The molecule has 0 aromatic heterocycles. The van der Waals surface area contributed by atoms with Crippen LogP contribution in [0.25, 0.3) is 0 Å². The Labute approximate surface area is 1050 Å². The predicted octanol–water partition coefficient (Wildman–Crippen LogP) is -8.10. The minimum atomic E-state index is -5.20. The summed E-state index contributed by atoms with van der Waals surface area (Å²) < 4.78 is 181. The first kappa shape index (κ1) is 178. The van der Waals surface area contributed by atoms with Crippen LogP contribution < -0.4 is 262 Å². The maximum absolute atomic E-state index is 12.6. The van der Waals surface area contributed by atoms with Crippen molar-refractivity contribution in [2.45, 2.75) is 420 Å². The maximum atomic E-state index is 12.6. The topological polar surface area (TPSA) is 532 Å². The van der Waals surface area contributed by atoms with Crippen LogP contribution in [0.4, 0.5) is 0 Å². The van der Waals surface area contributed by atoms with Crippen molar-refractivity contribution < 1.29 is 389 Å². The molecule has 0 aliphatic rings. The van der Waals surface area contributed by atoms with Gasteiger partial charge in [-0.05, 0) is 49.8 Å². The second-order valence-electron chi connectivity index (χ2n) is 32.6. The molecule has 4 N–H and O–H groups in total. The number of rotatable bonds is 94. The Morgan fingerprint density at radius 1 is 0.345 bits per heavy atom. The second kappa shape index (κ2) is 136. The Morgan fingerprint density at radius 2 is 0.628 bits per heavy atom. The van der Waals surface area contributed by atoms with E-state index in [1.54, 1.807) is 0 Å². The van der Waals surface area contributed by atoms with Crippen molar-refractivity contribution in [1.82, 2.24) is 10.2 Å². The number of unbranched alkanes of at least 4 members (excludes halogenated alkanes) is 44. The van der Waals surface area contributed by atoms with Crippen LogP contribution in [0.3, 0.4) is 0 Å². The van der Waals surface area contributed by atoms with Gasteiger partial charge >= 0.3 is 253 Å². The van der Waals surface area contributed by atoms with E-state index in [0.717, 1.165) is 76.4 Å². The minimum Gasteiger partial charge on any atom is -0.747 e. The smallest absolute Gasteiger partial charge is 0.747 e. The molecule has 2 unspecified atom stereocenters. The van der Waals surface area contributed by atoms with Crippen molar-refractivity contribution in [3.05, 3.63) is 29.8 Å². The van der Waals surface area contributed by atoms with Crippen LogP contribution in [-0.2, 0) is 122 Å². The molecule has 0 saturated heterocycles. The van der Waals surface area contributed by atoms with Gasteiger partial charge in [-0.25, -0.2) is 25.8 Å². The van der Waals surface area contributed by atoms with Crippen LogP contribution in [0.2, 0.25) is 0 Å². The van der Waals surface area contributed by atoms with Crippen LogP contribution in [-0.4, -0.2) is 253 Å². The molecule has 0 saturated carbocycles. The molecule has 1 aromatic carbocycles. The monoisotopic (exact) mass is 2230 g/mol. The van der Waals surface area contributed by atoms with Gasteiger partial charge in [-0.1, -0.05) is 364 Å². The summed E-state index contributed by atoms with van der Waals surface area (Å²) in [5, 5.41) is 39.6. The largest absolute Gasteiger partial charge is 1.00 e. The van der Waals surface area contributed by atoms with Crippen LogP contribution in [0, 0.1) is 0 Å². The maximum Gasteiger partial charge on any atom is 1.00 e. The average Bonchev–Trinajstić information content (AvgIpc) is 0.834. The van der Waals surface area contributed by atoms with Crippen molar-refractivity contribution in [3.8, 4) is 5.75 Å². The molecule has 1 aromatic rings. The van der Waals surface area contributed by atoms with E-state index >= 15 is 0 Å². The Bertz CT molecular complexity index is 3380. The van der Waals surface area contributed by atoms with E-state index in [-0.39, 0.29) is 269 Å². The van der Waals surface area contributed by atoms with Gasteiger partial charge in [0.1, 0.15) is 33.8 Å². The second-order valence-corrected chi connectivity index (χ2v) is 37.9. The van der Waals surface area contributed by atoms with Crippen molar-refractivity contribution in [1.29, 1.82) is 0 Å². The summed E-state index contributed by atoms with van der Waals surface area (Å²) in [5.74, 6) is -8.76. The number of carboxylic acids is 4. The SMILES string of the molecule is CC.CC.CC.CCCCCCCCCCCCCCCCCCN(C(=O)CC(C(=O)[O-])S(=O)(=O)O)[C@@H](CC(=O)[O-])C(=O)O.CCCCCCCCCCCCCCCCCCNC(=O)CC(C(=O)[O-])S(=O)(=O)[O-].CCCCCCCCCCCCOS(=O)(=O)[O-].CCCCCCCCc1cccc(OCCOCCOCCOCCOCCOCCOCCOCCOCCOS(=O)(=O)O)c1.[Na+].[Na+].[Na+].[Na+].[Na+].[Na+].[Na+].[Na+]. The van der Waals surface area contributed by atoms with Crippen LogP contribution in [0.5, 0.6) is 5.75 Å². The standard InChI is InChI=1S/C32H58O13S.C26H47NO10S.C22H43NO6S.C12H26O4S.3C2H6.8Na/c1-2-3-4-5-6-7-9-31-10-8-11-32(30-31)44-28-26-42-24-22-40-20-18-38-16-14-36-12-13-37-15-17-39-19-21-41-23-25-43-27-29-45-46(33,34)35;1-2-3-4-5-6-7-8-9-10-11-12-13-14-15-16-17-18-27(21(25(31)32)19-24(29)30)23(28)20-22(26(33)34)38(35,36)37;1-2-3-4-5-6-7-8-9-10-11-12-13-14-15-16-17-18-23-21(24)19-20(22(25)26)30(27,28)29;1-2-3-4-5-6-7-8-9-10-11-12-16-17(13,14)15;3*1-2;;;;;;;;/h8,10-11,30H,2-7,9,12-29H2,1H3,(H,33,34,35);21-22H,2-20H2,1H3,(H,29,30)(H,31,32)(H,33,34)(H,35,36,37);20H,2-19H2,1H3,(H,23,24)(H,25,26)(H,27,28,29);2-12H2,1H3,(H,13,14,15);3*1-2H3;;;;;;;;/q;;;;;;;8*+1/p-5/t;21-,22?;;;;;;;;;;;;;/m.0............./s1. The number of amides is 2. The van der Waals surface area contributed by atoms with Gasteiger partial charge < -0.3 is 96.8 Å². The molecule has 0 spiro atoms. The molecule has 47 heteroatoms. The molecule has 1 rings (SSSR count). The molecule has 0 bridgehead atoms. The van der Waals surface area contributed by atoms with E-state index < -0.39 is 113 Å². The fraction of sp³-hybridized carbons (Fsp3) is 0.878. The number of nitrogens with zero attached hydrogens (tertiary/aromatic N) is 1.